The van der Waals surface area contributed by atoms with Crippen LogP contribution in [0.4, 0.5) is 11.4 Å². The van der Waals surface area contributed by atoms with E-state index in [1.807, 2.05) is 6.92 Å². The van der Waals surface area contributed by atoms with Crippen LogP contribution < -0.4 is 21.7 Å². The molecule has 0 saturated heterocycles. The van der Waals surface area contributed by atoms with Gasteiger partial charge in [0, 0.05) is 0 Å². The zero-order valence-corrected chi connectivity index (χ0v) is 7.00. The minimum atomic E-state index is 0.590. The molecule has 0 amide bonds. The van der Waals surface area contributed by atoms with Crippen molar-refractivity contribution in [2.45, 2.75) is 6.92 Å². The molecule has 0 atom stereocenters. The molecule has 4 heteroatoms. The van der Waals surface area contributed by atoms with Crippen LogP contribution in [0, 0.1) is 0 Å². The van der Waals surface area contributed by atoms with E-state index in [1.54, 1.807) is 18.2 Å². The number of hydrogen-bond donors (Lipinski definition) is 3. The molecule has 0 aliphatic carbocycles. The van der Waals surface area contributed by atoms with Crippen molar-refractivity contribution in [2.75, 3.05) is 17.8 Å². The number of nitrogens with two attached hydrogens (primary N) is 2. The number of hydrogen-bond acceptors (Lipinski definition) is 4. The number of anilines is 2. The molecule has 0 aromatic heterocycles. The lowest BCUT2D eigenvalue weighted by Gasteiger charge is -2.07. The summed E-state index contributed by atoms with van der Waals surface area (Å²) in [6, 6.07) is 5.32. The number of nitrogen functional groups attached to an aromatic ring is 2. The SMILES string of the molecule is CCOc1ccc(NN)cc1N. The van der Waals surface area contributed by atoms with Gasteiger partial charge in [-0.15, -0.1) is 0 Å². The van der Waals surface area contributed by atoms with Gasteiger partial charge in [-0.2, -0.15) is 0 Å². The van der Waals surface area contributed by atoms with Gasteiger partial charge in [-0.05, 0) is 25.1 Å². The van der Waals surface area contributed by atoms with Gasteiger partial charge in [-0.25, -0.2) is 0 Å². The Morgan fingerprint density at radius 3 is 2.75 bits per heavy atom. The van der Waals surface area contributed by atoms with Crippen LogP contribution in [0.15, 0.2) is 18.2 Å². The fraction of sp³-hybridized carbons (Fsp3) is 0.250. The van der Waals surface area contributed by atoms with Gasteiger partial charge >= 0.3 is 0 Å². The van der Waals surface area contributed by atoms with Gasteiger partial charge in [0.1, 0.15) is 5.75 Å². The molecular weight excluding hydrogens is 154 g/mol. The molecule has 12 heavy (non-hydrogen) atoms. The molecule has 0 unspecified atom stereocenters. The molecule has 4 nitrogen and oxygen atoms in total. The molecule has 0 radical (unpaired) electrons. The molecular formula is C8H13N3O. The van der Waals surface area contributed by atoms with Crippen molar-refractivity contribution in [3.63, 3.8) is 0 Å². The predicted molar refractivity (Wildman–Crippen MR) is 49.8 cm³/mol. The second-order valence-corrected chi connectivity index (χ2v) is 2.33. The van der Waals surface area contributed by atoms with Crippen LogP contribution in [0.3, 0.4) is 0 Å². The second-order valence-electron chi connectivity index (χ2n) is 2.33. The lowest BCUT2D eigenvalue weighted by Crippen LogP contribution is -2.07. The van der Waals surface area contributed by atoms with Crippen molar-refractivity contribution in [1.29, 1.82) is 0 Å². The summed E-state index contributed by atoms with van der Waals surface area (Å²) >= 11 is 0. The number of hydrazine groups is 1. The third-order valence-electron chi connectivity index (χ3n) is 1.48. The summed E-state index contributed by atoms with van der Waals surface area (Å²) < 4.78 is 5.24. The summed E-state index contributed by atoms with van der Waals surface area (Å²) in [6.45, 7) is 2.52. The highest BCUT2D eigenvalue weighted by Crippen LogP contribution is 2.24. The molecule has 5 N–H and O–H groups in total. The highest BCUT2D eigenvalue weighted by atomic mass is 16.5. The quantitative estimate of drug-likeness (QED) is 0.356. The van der Waals surface area contributed by atoms with Crippen molar-refractivity contribution in [2.24, 2.45) is 5.84 Å². The smallest absolute Gasteiger partial charge is 0.142 e. The van der Waals surface area contributed by atoms with E-state index < -0.39 is 0 Å². The monoisotopic (exact) mass is 167 g/mol. The topological polar surface area (TPSA) is 73.3 Å². The van der Waals surface area contributed by atoms with Crippen LogP contribution >= 0.6 is 0 Å². The van der Waals surface area contributed by atoms with Crippen molar-refractivity contribution >= 4 is 11.4 Å². The Balaban J connectivity index is 2.87. The van der Waals surface area contributed by atoms with Crippen LogP contribution in [0.5, 0.6) is 5.75 Å². The first-order chi connectivity index (χ1) is 5.77. The van der Waals surface area contributed by atoms with Gasteiger partial charge in [0.25, 0.3) is 0 Å². The number of nitrogens with one attached hydrogen (secondary N) is 1. The normalized spacial score (nSPS) is 9.50. The van der Waals surface area contributed by atoms with Crippen LogP contribution in [-0.4, -0.2) is 6.61 Å². The Morgan fingerprint density at radius 2 is 2.25 bits per heavy atom. The number of rotatable bonds is 3. The Hall–Kier alpha value is -1.42. The summed E-state index contributed by atoms with van der Waals surface area (Å²) in [6.07, 6.45) is 0. The zero-order valence-electron chi connectivity index (χ0n) is 7.00. The first kappa shape index (κ1) is 8.67. The van der Waals surface area contributed by atoms with Crippen molar-refractivity contribution < 1.29 is 4.74 Å². The Morgan fingerprint density at radius 1 is 1.50 bits per heavy atom. The first-order valence-corrected chi connectivity index (χ1v) is 3.77. The molecule has 1 rings (SSSR count). The van der Waals surface area contributed by atoms with Crippen molar-refractivity contribution in [1.82, 2.24) is 0 Å². The first-order valence-electron chi connectivity index (χ1n) is 3.77. The molecule has 0 heterocycles. The van der Waals surface area contributed by atoms with Gasteiger partial charge in [-0.3, -0.25) is 5.84 Å². The average Bonchev–Trinajstić information content (AvgIpc) is 2.09. The molecule has 0 aliphatic heterocycles. The maximum atomic E-state index is 5.66. The van der Waals surface area contributed by atoms with Gasteiger partial charge < -0.3 is 15.9 Å². The largest absolute Gasteiger partial charge is 0.492 e. The van der Waals surface area contributed by atoms with E-state index in [9.17, 15) is 0 Å². The lowest BCUT2D eigenvalue weighted by molar-refractivity contribution is 0.342. The van der Waals surface area contributed by atoms with Crippen LogP contribution in [0.25, 0.3) is 0 Å². The van der Waals surface area contributed by atoms with E-state index in [2.05, 4.69) is 5.43 Å². The van der Waals surface area contributed by atoms with Gasteiger partial charge in [-0.1, -0.05) is 0 Å². The minimum absolute atomic E-state index is 0.590. The minimum Gasteiger partial charge on any atom is -0.492 e. The van der Waals surface area contributed by atoms with E-state index in [1.165, 1.54) is 0 Å². The molecule has 0 spiro atoms. The molecule has 1 aromatic carbocycles. The van der Waals surface area contributed by atoms with Crippen molar-refractivity contribution in [3.05, 3.63) is 18.2 Å². The molecule has 0 fully saturated rings. The van der Waals surface area contributed by atoms with E-state index in [4.69, 9.17) is 16.3 Å². The fourth-order valence-corrected chi connectivity index (χ4v) is 0.925. The third kappa shape index (κ3) is 1.79. The molecule has 0 aliphatic rings. The lowest BCUT2D eigenvalue weighted by atomic mass is 10.2. The number of benzene rings is 1. The van der Waals surface area contributed by atoms with Crippen LogP contribution in [-0.2, 0) is 0 Å². The van der Waals surface area contributed by atoms with Crippen molar-refractivity contribution in [3.8, 4) is 5.75 Å². The standard InChI is InChI=1S/C8H13N3O/c1-2-12-8-4-3-6(11-10)5-7(8)9/h3-5,11H,2,9-10H2,1H3. The van der Waals surface area contributed by atoms with E-state index in [0.29, 0.717) is 18.0 Å². The maximum Gasteiger partial charge on any atom is 0.142 e. The highest BCUT2D eigenvalue weighted by Gasteiger charge is 1.99. The van der Waals surface area contributed by atoms with E-state index >= 15 is 0 Å². The van der Waals surface area contributed by atoms with Gasteiger partial charge in [0.15, 0.2) is 0 Å². The molecule has 66 valence electrons. The maximum absolute atomic E-state index is 5.66. The van der Waals surface area contributed by atoms with E-state index in [0.717, 1.165) is 5.69 Å². The Labute approximate surface area is 71.5 Å². The Bertz CT molecular complexity index is 262. The molecule has 0 bridgehead atoms. The molecule has 1 aromatic rings. The highest BCUT2D eigenvalue weighted by molar-refractivity contribution is 5.61. The summed E-state index contributed by atoms with van der Waals surface area (Å²) in [5.41, 5.74) is 9.53. The zero-order chi connectivity index (χ0) is 8.97. The average molecular weight is 167 g/mol. The Kier molecular flexibility index (Phi) is 2.76. The molecule has 0 saturated carbocycles. The fourth-order valence-electron chi connectivity index (χ4n) is 0.925. The summed E-state index contributed by atoms with van der Waals surface area (Å²) in [5, 5.41) is 0. The van der Waals surface area contributed by atoms with Crippen LogP contribution in [0.1, 0.15) is 6.92 Å². The van der Waals surface area contributed by atoms with Crippen LogP contribution in [0.2, 0.25) is 0 Å². The van der Waals surface area contributed by atoms with Gasteiger partial charge in [0.2, 0.25) is 0 Å². The van der Waals surface area contributed by atoms with E-state index in [-0.39, 0.29) is 0 Å². The van der Waals surface area contributed by atoms with Gasteiger partial charge in [0.05, 0.1) is 18.0 Å². The second kappa shape index (κ2) is 3.82. The predicted octanol–water partition coefficient (Wildman–Crippen LogP) is 0.953. The third-order valence-corrected chi connectivity index (χ3v) is 1.48. The summed E-state index contributed by atoms with van der Waals surface area (Å²) in [4.78, 5) is 0. The summed E-state index contributed by atoms with van der Waals surface area (Å²) in [5.74, 6) is 5.89. The summed E-state index contributed by atoms with van der Waals surface area (Å²) in [7, 11) is 0. The number of ether oxygens (including phenoxy) is 1.